The molecule has 122 valence electrons. The van der Waals surface area contributed by atoms with Gasteiger partial charge in [-0.25, -0.2) is 4.98 Å². The Hall–Kier alpha value is -1.24. The van der Waals surface area contributed by atoms with Gasteiger partial charge in [0.1, 0.15) is 0 Å². The van der Waals surface area contributed by atoms with Crippen molar-refractivity contribution in [2.24, 2.45) is 5.92 Å². The minimum atomic E-state index is 0.597. The molecule has 1 aromatic rings. The predicted molar refractivity (Wildman–Crippen MR) is 83.8 cm³/mol. The zero-order chi connectivity index (χ0) is 15.2. The Morgan fingerprint density at radius 1 is 1.23 bits per heavy atom. The smallest absolute Gasteiger partial charge is 0.232 e. The maximum atomic E-state index is 5.43. The summed E-state index contributed by atoms with van der Waals surface area (Å²) < 4.78 is 10.6. The molecule has 3 rings (SSSR count). The maximum absolute atomic E-state index is 5.43. The fourth-order valence-corrected chi connectivity index (χ4v) is 3.38. The van der Waals surface area contributed by atoms with Crippen molar-refractivity contribution >= 4 is 0 Å². The number of piperidine rings is 1. The number of hydrogen-bond donors (Lipinski definition) is 0. The van der Waals surface area contributed by atoms with Crippen LogP contribution in [0.2, 0.25) is 0 Å². The molecule has 2 aliphatic rings. The molecule has 0 amide bonds. The summed E-state index contributed by atoms with van der Waals surface area (Å²) >= 11 is 0. The molecule has 6 nitrogen and oxygen atoms in total. The van der Waals surface area contributed by atoms with E-state index in [2.05, 4.69) is 19.8 Å². The fourth-order valence-electron chi connectivity index (χ4n) is 3.38. The second-order valence-corrected chi connectivity index (χ2v) is 6.21. The van der Waals surface area contributed by atoms with E-state index in [1.54, 1.807) is 13.3 Å². The second kappa shape index (κ2) is 7.85. The Morgan fingerprint density at radius 2 is 2.09 bits per heavy atom. The highest BCUT2D eigenvalue weighted by Crippen LogP contribution is 2.20. The summed E-state index contributed by atoms with van der Waals surface area (Å²) in [6, 6.07) is 0. The summed E-state index contributed by atoms with van der Waals surface area (Å²) in [7, 11) is 1.63. The summed E-state index contributed by atoms with van der Waals surface area (Å²) in [4.78, 5) is 13.7. The van der Waals surface area contributed by atoms with Crippen LogP contribution in [0.5, 0.6) is 5.88 Å². The van der Waals surface area contributed by atoms with Gasteiger partial charge in [-0.15, -0.1) is 0 Å². The number of aromatic nitrogens is 2. The first-order valence-corrected chi connectivity index (χ1v) is 8.21. The van der Waals surface area contributed by atoms with E-state index in [-0.39, 0.29) is 0 Å². The van der Waals surface area contributed by atoms with Gasteiger partial charge in [0.05, 0.1) is 32.2 Å². The van der Waals surface area contributed by atoms with Crippen molar-refractivity contribution in [1.82, 2.24) is 19.8 Å². The minimum Gasteiger partial charge on any atom is -0.480 e. The van der Waals surface area contributed by atoms with Crippen LogP contribution in [0.1, 0.15) is 18.5 Å². The standard InChI is InChI=1S/C16H26N4O2/c1-21-16-10-17-9-15(18-16)13-20-4-2-3-14(12-20)11-19-5-7-22-8-6-19/h9-10,14H,2-8,11-13H2,1H3/t14-/m0/s1. The van der Waals surface area contributed by atoms with Crippen molar-refractivity contribution in [3.05, 3.63) is 18.1 Å². The first-order chi connectivity index (χ1) is 10.8. The highest BCUT2D eigenvalue weighted by molar-refractivity contribution is 5.08. The Morgan fingerprint density at radius 3 is 2.91 bits per heavy atom. The molecule has 0 saturated carbocycles. The van der Waals surface area contributed by atoms with Gasteiger partial charge in [-0.3, -0.25) is 14.8 Å². The molecule has 0 N–H and O–H groups in total. The van der Waals surface area contributed by atoms with Gasteiger partial charge in [0, 0.05) is 38.9 Å². The lowest BCUT2D eigenvalue weighted by atomic mass is 9.97. The van der Waals surface area contributed by atoms with Crippen LogP contribution in [0.15, 0.2) is 12.4 Å². The Kier molecular flexibility index (Phi) is 5.58. The summed E-state index contributed by atoms with van der Waals surface area (Å²) in [6.45, 7) is 8.30. The zero-order valence-electron chi connectivity index (χ0n) is 13.4. The molecule has 0 radical (unpaired) electrons. The van der Waals surface area contributed by atoms with E-state index in [1.807, 2.05) is 6.20 Å². The number of methoxy groups -OCH3 is 1. The molecule has 22 heavy (non-hydrogen) atoms. The van der Waals surface area contributed by atoms with Crippen molar-refractivity contribution in [2.45, 2.75) is 19.4 Å². The van der Waals surface area contributed by atoms with E-state index in [0.29, 0.717) is 5.88 Å². The SMILES string of the molecule is COc1cncc(CN2CCC[C@@H](CN3CCOCC3)C2)n1. The van der Waals surface area contributed by atoms with Gasteiger partial charge >= 0.3 is 0 Å². The van der Waals surface area contributed by atoms with E-state index in [1.165, 1.54) is 19.4 Å². The molecule has 2 fully saturated rings. The van der Waals surface area contributed by atoms with Gasteiger partial charge in [-0.2, -0.15) is 0 Å². The van der Waals surface area contributed by atoms with Gasteiger partial charge in [0.15, 0.2) is 0 Å². The Bertz CT molecular complexity index is 465. The Labute approximate surface area is 132 Å². The normalized spacial score (nSPS) is 24.3. The van der Waals surface area contributed by atoms with E-state index < -0.39 is 0 Å². The molecule has 0 aromatic carbocycles. The van der Waals surface area contributed by atoms with Crippen molar-refractivity contribution in [3.8, 4) is 5.88 Å². The summed E-state index contributed by atoms with van der Waals surface area (Å²) in [5.41, 5.74) is 0.992. The molecule has 3 heterocycles. The average Bonchev–Trinajstić information content (AvgIpc) is 2.56. The minimum absolute atomic E-state index is 0.597. The molecule has 2 saturated heterocycles. The third kappa shape index (κ3) is 4.38. The highest BCUT2D eigenvalue weighted by Gasteiger charge is 2.23. The third-order valence-electron chi connectivity index (χ3n) is 4.48. The quantitative estimate of drug-likeness (QED) is 0.810. The van der Waals surface area contributed by atoms with Crippen LogP contribution in [0, 0.1) is 5.92 Å². The van der Waals surface area contributed by atoms with Crippen molar-refractivity contribution in [2.75, 3.05) is 53.0 Å². The predicted octanol–water partition coefficient (Wildman–Crippen LogP) is 1.03. The van der Waals surface area contributed by atoms with Gasteiger partial charge in [0.25, 0.3) is 0 Å². The van der Waals surface area contributed by atoms with Crippen LogP contribution in [-0.4, -0.2) is 72.8 Å². The van der Waals surface area contributed by atoms with Crippen molar-refractivity contribution in [3.63, 3.8) is 0 Å². The second-order valence-electron chi connectivity index (χ2n) is 6.21. The van der Waals surface area contributed by atoms with Crippen LogP contribution >= 0.6 is 0 Å². The van der Waals surface area contributed by atoms with Crippen molar-refractivity contribution < 1.29 is 9.47 Å². The lowest BCUT2D eigenvalue weighted by Crippen LogP contribution is -2.44. The molecule has 1 atom stereocenters. The number of morpholine rings is 1. The van der Waals surface area contributed by atoms with Gasteiger partial charge < -0.3 is 9.47 Å². The molecular formula is C16H26N4O2. The number of likely N-dealkylation sites (tertiary alicyclic amines) is 1. The summed E-state index contributed by atoms with van der Waals surface area (Å²) in [6.07, 6.45) is 6.10. The number of rotatable bonds is 5. The molecule has 0 spiro atoms. The van der Waals surface area contributed by atoms with Crippen LogP contribution in [0.25, 0.3) is 0 Å². The summed E-state index contributed by atoms with van der Waals surface area (Å²) in [5, 5.41) is 0. The van der Waals surface area contributed by atoms with Crippen LogP contribution < -0.4 is 4.74 Å². The van der Waals surface area contributed by atoms with E-state index in [9.17, 15) is 0 Å². The van der Waals surface area contributed by atoms with Gasteiger partial charge in [-0.05, 0) is 25.3 Å². The molecule has 0 aliphatic carbocycles. The van der Waals surface area contributed by atoms with Crippen LogP contribution in [0.3, 0.4) is 0 Å². The van der Waals surface area contributed by atoms with E-state index in [4.69, 9.17) is 9.47 Å². The van der Waals surface area contributed by atoms with Crippen LogP contribution in [-0.2, 0) is 11.3 Å². The molecular weight excluding hydrogens is 280 g/mol. The number of nitrogens with zero attached hydrogens (tertiary/aromatic N) is 4. The Balaban J connectivity index is 1.51. The molecule has 6 heteroatoms. The van der Waals surface area contributed by atoms with Crippen molar-refractivity contribution in [1.29, 1.82) is 0 Å². The maximum Gasteiger partial charge on any atom is 0.232 e. The molecule has 2 aliphatic heterocycles. The number of hydrogen-bond acceptors (Lipinski definition) is 6. The highest BCUT2D eigenvalue weighted by atomic mass is 16.5. The van der Waals surface area contributed by atoms with E-state index >= 15 is 0 Å². The molecule has 0 unspecified atom stereocenters. The average molecular weight is 306 g/mol. The largest absolute Gasteiger partial charge is 0.480 e. The van der Waals surface area contributed by atoms with Gasteiger partial charge in [-0.1, -0.05) is 0 Å². The number of ether oxygens (including phenoxy) is 2. The first-order valence-electron chi connectivity index (χ1n) is 8.21. The monoisotopic (exact) mass is 306 g/mol. The summed E-state index contributed by atoms with van der Waals surface area (Å²) in [5.74, 6) is 1.35. The lowest BCUT2D eigenvalue weighted by Gasteiger charge is -2.36. The first kappa shape index (κ1) is 15.6. The topological polar surface area (TPSA) is 50.7 Å². The zero-order valence-corrected chi connectivity index (χ0v) is 13.4. The lowest BCUT2D eigenvalue weighted by molar-refractivity contribution is 0.0223. The van der Waals surface area contributed by atoms with Crippen LogP contribution in [0.4, 0.5) is 0 Å². The van der Waals surface area contributed by atoms with E-state index in [0.717, 1.165) is 57.5 Å². The molecule has 0 bridgehead atoms. The molecule has 1 aromatic heterocycles. The van der Waals surface area contributed by atoms with Gasteiger partial charge in [0.2, 0.25) is 5.88 Å². The third-order valence-corrected chi connectivity index (χ3v) is 4.48. The fraction of sp³-hybridized carbons (Fsp3) is 0.750.